The fourth-order valence-electron chi connectivity index (χ4n) is 6.61. The van der Waals surface area contributed by atoms with Gasteiger partial charge in [0.1, 0.15) is 6.17 Å². The normalized spacial score (nSPS) is 13.6. The standard InChI is InChI=1S/C44H31N5/c1-3-12-33(13-4-1)41-46-42(48-43(47-41)37-28-23-30-11-7-8-14-36(30)29-37)34-24-19-31(20-25-34)32-21-26-35(27-22-32)44-45-39-17-9-10-18-40(39)49(44)38-15-5-2-6-16-38/h1-29,44-45H. The van der Waals surface area contributed by atoms with Crippen molar-refractivity contribution < 1.29 is 0 Å². The van der Waals surface area contributed by atoms with E-state index in [1.165, 1.54) is 16.6 Å². The Hall–Kier alpha value is -6.59. The maximum atomic E-state index is 4.98. The van der Waals surface area contributed by atoms with E-state index in [1.54, 1.807) is 0 Å². The van der Waals surface area contributed by atoms with Crippen LogP contribution >= 0.6 is 0 Å². The molecule has 5 nitrogen and oxygen atoms in total. The highest BCUT2D eigenvalue weighted by molar-refractivity contribution is 5.87. The van der Waals surface area contributed by atoms with Crippen molar-refractivity contribution in [1.82, 2.24) is 15.0 Å². The third-order valence-electron chi connectivity index (χ3n) is 9.13. The maximum Gasteiger partial charge on any atom is 0.164 e. The molecule has 0 saturated carbocycles. The number of hydrogen-bond acceptors (Lipinski definition) is 5. The average Bonchev–Trinajstić information content (AvgIpc) is 3.58. The molecule has 2 heterocycles. The van der Waals surface area contributed by atoms with Crippen molar-refractivity contribution in [2.24, 2.45) is 0 Å². The number of nitrogens with zero attached hydrogens (tertiary/aromatic N) is 4. The molecule has 232 valence electrons. The molecule has 0 saturated heterocycles. The van der Waals surface area contributed by atoms with Gasteiger partial charge in [-0.25, -0.2) is 15.0 Å². The second kappa shape index (κ2) is 12.2. The Labute approximate surface area is 285 Å². The van der Waals surface area contributed by atoms with Crippen molar-refractivity contribution in [3.05, 3.63) is 181 Å². The lowest BCUT2D eigenvalue weighted by atomic mass is 10.0. The number of rotatable bonds is 6. The monoisotopic (exact) mass is 629 g/mol. The van der Waals surface area contributed by atoms with E-state index in [9.17, 15) is 0 Å². The van der Waals surface area contributed by atoms with Gasteiger partial charge in [0, 0.05) is 22.4 Å². The van der Waals surface area contributed by atoms with Crippen LogP contribution in [0.1, 0.15) is 11.7 Å². The van der Waals surface area contributed by atoms with Gasteiger partial charge in [0.05, 0.1) is 11.4 Å². The van der Waals surface area contributed by atoms with Gasteiger partial charge in [-0.3, -0.25) is 0 Å². The molecule has 0 amide bonds. The minimum Gasteiger partial charge on any atom is -0.359 e. The predicted octanol–water partition coefficient (Wildman–Crippen LogP) is 11.0. The van der Waals surface area contributed by atoms with Gasteiger partial charge < -0.3 is 10.2 Å². The highest BCUT2D eigenvalue weighted by atomic mass is 15.3. The van der Waals surface area contributed by atoms with E-state index < -0.39 is 0 Å². The minimum absolute atomic E-state index is 0.00401. The summed E-state index contributed by atoms with van der Waals surface area (Å²) in [6, 6.07) is 61.2. The predicted molar refractivity (Wildman–Crippen MR) is 200 cm³/mol. The third kappa shape index (κ3) is 5.47. The van der Waals surface area contributed by atoms with E-state index in [0.29, 0.717) is 17.5 Å². The first-order chi connectivity index (χ1) is 24.3. The summed E-state index contributed by atoms with van der Waals surface area (Å²) in [6.07, 6.45) is -0.00401. The van der Waals surface area contributed by atoms with Crippen molar-refractivity contribution in [2.45, 2.75) is 6.17 Å². The molecular formula is C44H31N5. The second-order valence-electron chi connectivity index (χ2n) is 12.2. The minimum atomic E-state index is -0.00401. The Kier molecular flexibility index (Phi) is 7.13. The van der Waals surface area contributed by atoms with Gasteiger partial charge in [-0.1, -0.05) is 146 Å². The Morgan fingerprint density at radius 2 is 0.918 bits per heavy atom. The maximum absolute atomic E-state index is 4.98. The molecule has 7 aromatic carbocycles. The molecular weight excluding hydrogens is 599 g/mol. The van der Waals surface area contributed by atoms with Gasteiger partial charge >= 0.3 is 0 Å². The summed E-state index contributed by atoms with van der Waals surface area (Å²) in [7, 11) is 0. The zero-order valence-electron chi connectivity index (χ0n) is 26.6. The Morgan fingerprint density at radius 1 is 0.408 bits per heavy atom. The van der Waals surface area contributed by atoms with Gasteiger partial charge in [0.15, 0.2) is 17.5 Å². The Balaban J connectivity index is 1.03. The summed E-state index contributed by atoms with van der Waals surface area (Å²) in [4.78, 5) is 17.2. The van der Waals surface area contributed by atoms with Crippen LogP contribution in [0.2, 0.25) is 0 Å². The number of hydrogen-bond donors (Lipinski definition) is 1. The summed E-state index contributed by atoms with van der Waals surface area (Å²) in [5.41, 5.74) is 9.79. The number of anilines is 3. The number of fused-ring (bicyclic) bond motifs is 2. The summed E-state index contributed by atoms with van der Waals surface area (Å²) in [6.45, 7) is 0. The van der Waals surface area contributed by atoms with Crippen LogP contribution in [-0.4, -0.2) is 15.0 Å². The highest BCUT2D eigenvalue weighted by Gasteiger charge is 2.30. The quantitative estimate of drug-likeness (QED) is 0.198. The van der Waals surface area contributed by atoms with Crippen molar-refractivity contribution in [3.8, 4) is 45.3 Å². The molecule has 5 heteroatoms. The molecule has 1 unspecified atom stereocenters. The van der Waals surface area contributed by atoms with Gasteiger partial charge in [-0.15, -0.1) is 0 Å². The van der Waals surface area contributed by atoms with Crippen molar-refractivity contribution in [2.75, 3.05) is 10.2 Å². The Morgan fingerprint density at radius 3 is 1.63 bits per heavy atom. The smallest absolute Gasteiger partial charge is 0.164 e. The molecule has 0 spiro atoms. The third-order valence-corrected chi connectivity index (χ3v) is 9.13. The highest BCUT2D eigenvalue weighted by Crippen LogP contribution is 2.45. The zero-order valence-corrected chi connectivity index (χ0v) is 26.6. The molecule has 1 N–H and O–H groups in total. The Bertz CT molecular complexity index is 2410. The lowest BCUT2D eigenvalue weighted by Gasteiger charge is -2.27. The molecule has 0 bridgehead atoms. The van der Waals surface area contributed by atoms with Gasteiger partial charge in [-0.05, 0) is 57.8 Å². The summed E-state index contributed by atoms with van der Waals surface area (Å²) in [5.74, 6) is 1.95. The number of nitrogens with one attached hydrogen (secondary N) is 1. The average molecular weight is 630 g/mol. The van der Waals surface area contributed by atoms with Gasteiger partial charge in [0.25, 0.3) is 0 Å². The zero-order chi connectivity index (χ0) is 32.6. The molecule has 0 fully saturated rings. The number of para-hydroxylation sites is 3. The molecule has 1 atom stereocenters. The van der Waals surface area contributed by atoms with Crippen LogP contribution < -0.4 is 10.2 Å². The summed E-state index contributed by atoms with van der Waals surface area (Å²) in [5, 5.41) is 6.07. The van der Waals surface area contributed by atoms with E-state index >= 15 is 0 Å². The number of aromatic nitrogens is 3. The summed E-state index contributed by atoms with van der Waals surface area (Å²) >= 11 is 0. The van der Waals surface area contributed by atoms with Crippen molar-refractivity contribution >= 4 is 27.8 Å². The van der Waals surface area contributed by atoms with E-state index in [1.807, 2.05) is 30.3 Å². The van der Waals surface area contributed by atoms with Crippen molar-refractivity contribution in [1.29, 1.82) is 0 Å². The first kappa shape index (κ1) is 28.6. The summed E-state index contributed by atoms with van der Waals surface area (Å²) < 4.78 is 0. The first-order valence-electron chi connectivity index (χ1n) is 16.5. The van der Waals surface area contributed by atoms with Gasteiger partial charge in [0.2, 0.25) is 0 Å². The molecule has 0 aliphatic carbocycles. The molecule has 1 aliphatic rings. The molecule has 1 aliphatic heterocycles. The first-order valence-corrected chi connectivity index (χ1v) is 16.5. The molecule has 9 rings (SSSR count). The van der Waals surface area contributed by atoms with E-state index in [0.717, 1.165) is 44.6 Å². The van der Waals surface area contributed by atoms with Gasteiger partial charge in [-0.2, -0.15) is 0 Å². The van der Waals surface area contributed by atoms with E-state index in [2.05, 4.69) is 156 Å². The van der Waals surface area contributed by atoms with Crippen LogP contribution in [0.5, 0.6) is 0 Å². The molecule has 0 radical (unpaired) electrons. The second-order valence-corrected chi connectivity index (χ2v) is 12.2. The number of benzene rings is 7. The van der Waals surface area contributed by atoms with Crippen LogP contribution in [-0.2, 0) is 0 Å². The largest absolute Gasteiger partial charge is 0.359 e. The van der Waals surface area contributed by atoms with Crippen LogP contribution in [0, 0.1) is 0 Å². The van der Waals surface area contributed by atoms with Crippen LogP contribution in [0.4, 0.5) is 17.1 Å². The SMILES string of the molecule is c1ccc(-c2nc(-c3ccc(-c4ccc(C5Nc6ccccc6N5c5ccccc5)cc4)cc3)nc(-c3ccc4ccccc4c3)n2)cc1. The van der Waals surface area contributed by atoms with E-state index in [-0.39, 0.29) is 6.17 Å². The lowest BCUT2D eigenvalue weighted by Crippen LogP contribution is -2.23. The lowest BCUT2D eigenvalue weighted by molar-refractivity contribution is 0.828. The molecule has 49 heavy (non-hydrogen) atoms. The van der Waals surface area contributed by atoms with E-state index in [4.69, 9.17) is 15.0 Å². The molecule has 8 aromatic rings. The van der Waals surface area contributed by atoms with Crippen LogP contribution in [0.25, 0.3) is 56.1 Å². The van der Waals surface area contributed by atoms with Crippen molar-refractivity contribution in [3.63, 3.8) is 0 Å². The van der Waals surface area contributed by atoms with Crippen LogP contribution in [0.3, 0.4) is 0 Å². The fraction of sp³-hybridized carbons (Fsp3) is 0.0227. The topological polar surface area (TPSA) is 53.9 Å². The van der Waals surface area contributed by atoms with Crippen LogP contribution in [0.15, 0.2) is 176 Å². The molecule has 1 aromatic heterocycles. The fourth-order valence-corrected chi connectivity index (χ4v) is 6.61.